The number of thiophene rings is 1. The first kappa shape index (κ1) is 13.0. The lowest BCUT2D eigenvalue weighted by molar-refractivity contribution is 0.313. The van der Waals surface area contributed by atoms with Gasteiger partial charge in [-0.15, -0.1) is 0 Å². The van der Waals surface area contributed by atoms with Crippen LogP contribution in [0, 0.1) is 0 Å². The van der Waals surface area contributed by atoms with Gasteiger partial charge in [0.05, 0.1) is 0 Å². The van der Waals surface area contributed by atoms with Crippen molar-refractivity contribution in [3.63, 3.8) is 0 Å². The zero-order chi connectivity index (χ0) is 13.2. The van der Waals surface area contributed by atoms with Crippen LogP contribution < -0.4 is 4.90 Å². The van der Waals surface area contributed by atoms with Gasteiger partial charge < -0.3 is 9.80 Å². The first-order chi connectivity index (χ1) is 9.24. The maximum absolute atomic E-state index is 6.19. The summed E-state index contributed by atoms with van der Waals surface area (Å²) < 4.78 is 0. The van der Waals surface area contributed by atoms with E-state index in [-0.39, 0.29) is 0 Å². The molecule has 0 bridgehead atoms. The molecule has 0 amide bonds. The second-order valence-corrected chi connectivity index (χ2v) is 6.18. The Morgan fingerprint density at radius 3 is 2.58 bits per heavy atom. The summed E-state index contributed by atoms with van der Waals surface area (Å²) in [7, 11) is 2.18. The van der Waals surface area contributed by atoms with E-state index in [9.17, 15) is 0 Å². The molecule has 0 radical (unpaired) electrons. The third kappa shape index (κ3) is 2.78. The van der Waals surface area contributed by atoms with Crippen molar-refractivity contribution in [3.05, 3.63) is 40.0 Å². The molecule has 0 atom stereocenters. The predicted octanol–water partition coefficient (Wildman–Crippen LogP) is 3.82. The van der Waals surface area contributed by atoms with E-state index < -0.39 is 0 Å². The number of piperazine rings is 1. The molecule has 100 valence electrons. The molecular weight excluding hydrogens is 276 g/mol. The molecule has 1 fully saturated rings. The molecule has 1 aromatic heterocycles. The number of nitrogens with zero attached hydrogens (tertiary/aromatic N) is 2. The fourth-order valence-electron chi connectivity index (χ4n) is 2.48. The summed E-state index contributed by atoms with van der Waals surface area (Å²) in [6, 6.07) is 8.39. The first-order valence-corrected chi connectivity index (χ1v) is 7.82. The molecule has 2 heterocycles. The maximum atomic E-state index is 6.19. The Balaban J connectivity index is 1.97. The standard InChI is InChI=1S/C15H17ClN2S/c1-17-5-7-18(8-6-17)15-10-13(16)2-3-14(15)12-4-9-19-11-12/h2-4,9-11H,5-8H2,1H3. The summed E-state index contributed by atoms with van der Waals surface area (Å²) in [6.07, 6.45) is 0. The summed E-state index contributed by atoms with van der Waals surface area (Å²) in [5, 5.41) is 5.13. The number of hydrogen-bond acceptors (Lipinski definition) is 3. The van der Waals surface area contributed by atoms with E-state index in [0.29, 0.717) is 0 Å². The number of halogens is 1. The van der Waals surface area contributed by atoms with Crippen molar-refractivity contribution in [2.24, 2.45) is 0 Å². The van der Waals surface area contributed by atoms with Crippen molar-refractivity contribution < 1.29 is 0 Å². The van der Waals surface area contributed by atoms with Gasteiger partial charge in [-0.05, 0) is 41.6 Å². The van der Waals surface area contributed by atoms with E-state index in [1.54, 1.807) is 11.3 Å². The van der Waals surface area contributed by atoms with Gasteiger partial charge in [-0.25, -0.2) is 0 Å². The summed E-state index contributed by atoms with van der Waals surface area (Å²) in [5.41, 5.74) is 3.84. The van der Waals surface area contributed by atoms with E-state index in [2.05, 4.69) is 45.8 Å². The van der Waals surface area contributed by atoms with Crippen LogP contribution >= 0.6 is 22.9 Å². The smallest absolute Gasteiger partial charge is 0.0462 e. The number of anilines is 1. The van der Waals surface area contributed by atoms with Crippen molar-refractivity contribution in [1.82, 2.24) is 4.90 Å². The first-order valence-electron chi connectivity index (χ1n) is 6.49. The van der Waals surface area contributed by atoms with Crippen LogP contribution in [0.2, 0.25) is 5.02 Å². The van der Waals surface area contributed by atoms with Crippen molar-refractivity contribution in [1.29, 1.82) is 0 Å². The second kappa shape index (κ2) is 5.53. The zero-order valence-electron chi connectivity index (χ0n) is 11.0. The molecule has 0 N–H and O–H groups in total. The Kier molecular flexibility index (Phi) is 3.78. The Hall–Kier alpha value is -1.03. The average molecular weight is 293 g/mol. The highest BCUT2D eigenvalue weighted by Crippen LogP contribution is 2.34. The molecule has 1 aromatic carbocycles. The summed E-state index contributed by atoms with van der Waals surface area (Å²) >= 11 is 7.93. The van der Waals surface area contributed by atoms with Crippen molar-refractivity contribution in [2.45, 2.75) is 0 Å². The van der Waals surface area contributed by atoms with Crippen molar-refractivity contribution in [3.8, 4) is 11.1 Å². The molecule has 2 nitrogen and oxygen atoms in total. The number of rotatable bonds is 2. The third-order valence-electron chi connectivity index (χ3n) is 3.64. The lowest BCUT2D eigenvalue weighted by Crippen LogP contribution is -2.44. The Labute approximate surface area is 123 Å². The Bertz CT molecular complexity index is 545. The van der Waals surface area contributed by atoms with E-state index in [0.717, 1.165) is 31.2 Å². The lowest BCUT2D eigenvalue weighted by atomic mass is 10.1. The van der Waals surface area contributed by atoms with Crippen LogP contribution in [-0.4, -0.2) is 38.1 Å². The largest absolute Gasteiger partial charge is 0.368 e. The highest BCUT2D eigenvalue weighted by molar-refractivity contribution is 7.08. The molecule has 1 aliphatic heterocycles. The molecule has 1 aliphatic rings. The van der Waals surface area contributed by atoms with Crippen molar-refractivity contribution in [2.75, 3.05) is 38.1 Å². The van der Waals surface area contributed by atoms with Gasteiger partial charge in [0, 0.05) is 42.5 Å². The van der Waals surface area contributed by atoms with Gasteiger partial charge in [-0.1, -0.05) is 17.7 Å². The minimum atomic E-state index is 0.813. The Morgan fingerprint density at radius 1 is 1.11 bits per heavy atom. The molecule has 2 aromatic rings. The summed E-state index contributed by atoms with van der Waals surface area (Å²) in [6.45, 7) is 4.34. The Morgan fingerprint density at radius 2 is 1.89 bits per heavy atom. The number of likely N-dealkylation sites (N-methyl/N-ethyl adjacent to an activating group) is 1. The molecule has 19 heavy (non-hydrogen) atoms. The molecule has 0 unspecified atom stereocenters. The van der Waals surface area contributed by atoms with Crippen molar-refractivity contribution >= 4 is 28.6 Å². The fourth-order valence-corrected chi connectivity index (χ4v) is 3.30. The van der Waals surface area contributed by atoms with E-state index >= 15 is 0 Å². The van der Waals surface area contributed by atoms with E-state index in [1.807, 2.05) is 6.07 Å². The van der Waals surface area contributed by atoms with Gasteiger partial charge in [-0.3, -0.25) is 0 Å². The van der Waals surface area contributed by atoms with Gasteiger partial charge in [0.1, 0.15) is 0 Å². The van der Waals surface area contributed by atoms with Gasteiger partial charge >= 0.3 is 0 Å². The van der Waals surface area contributed by atoms with Crippen LogP contribution in [0.25, 0.3) is 11.1 Å². The van der Waals surface area contributed by atoms with Crippen LogP contribution in [0.1, 0.15) is 0 Å². The van der Waals surface area contributed by atoms with Crippen LogP contribution in [0.5, 0.6) is 0 Å². The highest BCUT2D eigenvalue weighted by Gasteiger charge is 2.18. The topological polar surface area (TPSA) is 6.48 Å². The van der Waals surface area contributed by atoms with Crippen LogP contribution in [-0.2, 0) is 0 Å². The number of hydrogen-bond donors (Lipinski definition) is 0. The normalized spacial score (nSPS) is 16.8. The minimum Gasteiger partial charge on any atom is -0.368 e. The van der Waals surface area contributed by atoms with Crippen LogP contribution in [0.15, 0.2) is 35.0 Å². The molecule has 3 rings (SSSR count). The fraction of sp³-hybridized carbons (Fsp3) is 0.333. The minimum absolute atomic E-state index is 0.813. The molecule has 0 saturated carbocycles. The van der Waals surface area contributed by atoms with Gasteiger partial charge in [0.15, 0.2) is 0 Å². The zero-order valence-corrected chi connectivity index (χ0v) is 12.5. The molecule has 4 heteroatoms. The molecule has 0 spiro atoms. The number of benzene rings is 1. The molecule has 0 aliphatic carbocycles. The average Bonchev–Trinajstić information content (AvgIpc) is 2.93. The SMILES string of the molecule is CN1CCN(c2cc(Cl)ccc2-c2ccsc2)CC1. The summed E-state index contributed by atoms with van der Waals surface area (Å²) in [5.74, 6) is 0. The quantitative estimate of drug-likeness (QED) is 0.830. The van der Waals surface area contributed by atoms with E-state index in [1.165, 1.54) is 16.8 Å². The van der Waals surface area contributed by atoms with Gasteiger partial charge in [-0.2, -0.15) is 11.3 Å². The molecular formula is C15H17ClN2S. The summed E-state index contributed by atoms with van der Waals surface area (Å²) in [4.78, 5) is 4.81. The molecule has 1 saturated heterocycles. The van der Waals surface area contributed by atoms with Gasteiger partial charge in [0.2, 0.25) is 0 Å². The predicted molar refractivity (Wildman–Crippen MR) is 84.5 cm³/mol. The van der Waals surface area contributed by atoms with Crippen LogP contribution in [0.4, 0.5) is 5.69 Å². The lowest BCUT2D eigenvalue weighted by Gasteiger charge is -2.35. The third-order valence-corrected chi connectivity index (χ3v) is 4.55. The van der Waals surface area contributed by atoms with Crippen LogP contribution in [0.3, 0.4) is 0 Å². The van der Waals surface area contributed by atoms with Gasteiger partial charge in [0.25, 0.3) is 0 Å². The second-order valence-electron chi connectivity index (χ2n) is 4.96. The maximum Gasteiger partial charge on any atom is 0.0462 e. The highest BCUT2D eigenvalue weighted by atomic mass is 35.5. The monoisotopic (exact) mass is 292 g/mol. The van der Waals surface area contributed by atoms with E-state index in [4.69, 9.17) is 11.6 Å².